The molecule has 0 saturated heterocycles. The van der Waals surface area contributed by atoms with E-state index in [0.29, 0.717) is 5.13 Å². The second-order valence-corrected chi connectivity index (χ2v) is 5.55. The van der Waals surface area contributed by atoms with Gasteiger partial charge >= 0.3 is 0 Å². The molecule has 1 aromatic heterocycles. The van der Waals surface area contributed by atoms with Crippen molar-refractivity contribution in [3.05, 3.63) is 40.7 Å². The zero-order valence-electron chi connectivity index (χ0n) is 11.9. The maximum absolute atomic E-state index is 12.8. The highest BCUT2D eigenvalue weighted by Gasteiger charge is 2.10. The van der Waals surface area contributed by atoms with Crippen LogP contribution >= 0.6 is 11.3 Å². The van der Waals surface area contributed by atoms with Gasteiger partial charge in [-0.15, -0.1) is 10.2 Å². The zero-order chi connectivity index (χ0) is 15.9. The van der Waals surface area contributed by atoms with Gasteiger partial charge in [-0.25, -0.2) is 4.39 Å². The van der Waals surface area contributed by atoms with Crippen LogP contribution < -0.4 is 10.6 Å². The van der Waals surface area contributed by atoms with Gasteiger partial charge in [0.1, 0.15) is 10.8 Å². The third-order valence-corrected chi connectivity index (χ3v) is 3.59. The van der Waals surface area contributed by atoms with Crippen LogP contribution in [-0.2, 0) is 11.2 Å². The average Bonchev–Trinajstić information content (AvgIpc) is 2.93. The number of nitrogens with one attached hydrogen (secondary N) is 2. The van der Waals surface area contributed by atoms with Crippen LogP contribution in [-0.4, -0.2) is 28.6 Å². The van der Waals surface area contributed by atoms with Gasteiger partial charge in [0, 0.05) is 12.0 Å². The number of rotatable bonds is 6. The number of aromatic nitrogens is 2. The number of nitrogens with zero attached hydrogens (tertiary/aromatic N) is 2. The summed E-state index contributed by atoms with van der Waals surface area (Å²) >= 11 is 1.31. The molecule has 0 unspecified atom stereocenters. The molecule has 0 fully saturated rings. The highest BCUT2D eigenvalue weighted by molar-refractivity contribution is 7.15. The molecule has 116 valence electrons. The molecule has 8 heteroatoms. The Morgan fingerprint density at radius 2 is 1.95 bits per heavy atom. The minimum absolute atomic E-state index is 0.196. The Balaban J connectivity index is 1.81. The first-order valence-corrected chi connectivity index (χ1v) is 7.56. The topological polar surface area (TPSA) is 84.0 Å². The molecule has 0 saturated carbocycles. The van der Waals surface area contributed by atoms with Crippen LogP contribution in [0.25, 0.3) is 0 Å². The van der Waals surface area contributed by atoms with Crippen LogP contribution in [0.2, 0.25) is 0 Å². The first-order valence-electron chi connectivity index (χ1n) is 6.74. The molecule has 1 aromatic carbocycles. The molecular weight excluding hydrogens is 307 g/mol. The van der Waals surface area contributed by atoms with Crippen molar-refractivity contribution >= 4 is 28.3 Å². The first kappa shape index (κ1) is 16.0. The van der Waals surface area contributed by atoms with Crippen molar-refractivity contribution in [2.45, 2.75) is 19.8 Å². The number of halogens is 1. The van der Waals surface area contributed by atoms with Crippen molar-refractivity contribution in [3.8, 4) is 0 Å². The summed E-state index contributed by atoms with van der Waals surface area (Å²) < 4.78 is 12.8. The largest absolute Gasteiger partial charge is 0.343 e. The molecule has 22 heavy (non-hydrogen) atoms. The highest BCUT2D eigenvalue weighted by atomic mass is 32.1. The monoisotopic (exact) mass is 322 g/mol. The Morgan fingerprint density at radius 3 is 2.64 bits per heavy atom. The number of carbonyl (C=O) groups excluding carboxylic acids is 2. The molecule has 0 aliphatic rings. The SMILES string of the molecule is CCCc1nnc(NC(=O)CNC(=O)c2ccc(F)cc2)s1. The minimum Gasteiger partial charge on any atom is -0.343 e. The van der Waals surface area contributed by atoms with Crippen molar-refractivity contribution in [3.63, 3.8) is 0 Å². The number of aryl methyl sites for hydroxylation is 1. The summed E-state index contributed by atoms with van der Waals surface area (Å²) in [6.45, 7) is 1.84. The molecule has 0 bridgehead atoms. The van der Waals surface area contributed by atoms with Gasteiger partial charge in [0.25, 0.3) is 5.91 Å². The Labute approximate surface area is 130 Å². The number of anilines is 1. The number of hydrogen-bond acceptors (Lipinski definition) is 5. The molecule has 0 aliphatic heterocycles. The van der Waals surface area contributed by atoms with E-state index in [2.05, 4.69) is 20.8 Å². The van der Waals surface area contributed by atoms with Gasteiger partial charge in [0.2, 0.25) is 11.0 Å². The molecule has 0 atom stereocenters. The summed E-state index contributed by atoms with van der Waals surface area (Å²) in [6, 6.07) is 5.08. The Hall–Kier alpha value is -2.35. The van der Waals surface area contributed by atoms with E-state index >= 15 is 0 Å². The van der Waals surface area contributed by atoms with Gasteiger partial charge in [-0.05, 0) is 30.7 Å². The summed E-state index contributed by atoms with van der Waals surface area (Å²) in [7, 11) is 0. The van der Waals surface area contributed by atoms with E-state index < -0.39 is 17.6 Å². The van der Waals surface area contributed by atoms with Crippen LogP contribution in [0.1, 0.15) is 28.7 Å². The molecule has 0 spiro atoms. The lowest BCUT2D eigenvalue weighted by Crippen LogP contribution is -2.32. The number of hydrogen-bond donors (Lipinski definition) is 2. The van der Waals surface area contributed by atoms with E-state index in [1.54, 1.807) is 0 Å². The molecule has 2 amide bonds. The van der Waals surface area contributed by atoms with Gasteiger partial charge in [-0.1, -0.05) is 18.3 Å². The molecule has 2 rings (SSSR count). The predicted molar refractivity (Wildman–Crippen MR) is 81.3 cm³/mol. The van der Waals surface area contributed by atoms with Gasteiger partial charge in [0.05, 0.1) is 6.54 Å². The Bertz CT molecular complexity index is 657. The van der Waals surface area contributed by atoms with E-state index in [4.69, 9.17) is 0 Å². The summed E-state index contributed by atoms with van der Waals surface area (Å²) in [5.74, 6) is -1.26. The fraction of sp³-hybridized carbons (Fsp3) is 0.286. The summed E-state index contributed by atoms with van der Waals surface area (Å²) in [4.78, 5) is 23.5. The second-order valence-electron chi connectivity index (χ2n) is 4.49. The van der Waals surface area contributed by atoms with Crippen LogP contribution in [0.5, 0.6) is 0 Å². The van der Waals surface area contributed by atoms with E-state index in [-0.39, 0.29) is 12.1 Å². The number of carbonyl (C=O) groups is 2. The molecule has 1 heterocycles. The first-order chi connectivity index (χ1) is 10.6. The fourth-order valence-electron chi connectivity index (χ4n) is 1.65. The van der Waals surface area contributed by atoms with Crippen LogP contribution in [0.4, 0.5) is 9.52 Å². The van der Waals surface area contributed by atoms with Gasteiger partial charge in [-0.3, -0.25) is 14.9 Å². The van der Waals surface area contributed by atoms with Crippen molar-refractivity contribution in [2.75, 3.05) is 11.9 Å². The number of benzene rings is 1. The van der Waals surface area contributed by atoms with Crippen molar-refractivity contribution < 1.29 is 14.0 Å². The summed E-state index contributed by atoms with van der Waals surface area (Å²) in [5.41, 5.74) is 0.287. The van der Waals surface area contributed by atoms with Crippen molar-refractivity contribution in [1.82, 2.24) is 15.5 Å². The smallest absolute Gasteiger partial charge is 0.251 e. The molecule has 2 aromatic rings. The quantitative estimate of drug-likeness (QED) is 0.852. The zero-order valence-corrected chi connectivity index (χ0v) is 12.7. The molecule has 0 aliphatic carbocycles. The van der Waals surface area contributed by atoms with Gasteiger partial charge in [0.15, 0.2) is 0 Å². The minimum atomic E-state index is -0.445. The van der Waals surface area contributed by atoms with E-state index in [1.165, 1.54) is 35.6 Å². The standard InChI is InChI=1S/C14H15FN4O2S/c1-2-3-12-18-19-14(22-12)17-11(20)8-16-13(21)9-4-6-10(15)7-5-9/h4-7H,2-3,8H2,1H3,(H,16,21)(H,17,19,20). The Morgan fingerprint density at radius 1 is 1.23 bits per heavy atom. The van der Waals surface area contributed by atoms with Gasteiger partial charge in [-0.2, -0.15) is 0 Å². The highest BCUT2D eigenvalue weighted by Crippen LogP contribution is 2.16. The fourth-order valence-corrected chi connectivity index (χ4v) is 2.50. The van der Waals surface area contributed by atoms with E-state index in [0.717, 1.165) is 17.8 Å². The number of amides is 2. The normalized spacial score (nSPS) is 10.3. The van der Waals surface area contributed by atoms with Gasteiger partial charge < -0.3 is 5.32 Å². The molecule has 6 nitrogen and oxygen atoms in total. The van der Waals surface area contributed by atoms with Crippen LogP contribution in [0.15, 0.2) is 24.3 Å². The van der Waals surface area contributed by atoms with E-state index in [1.807, 2.05) is 6.92 Å². The van der Waals surface area contributed by atoms with Crippen molar-refractivity contribution in [2.24, 2.45) is 0 Å². The molecule has 0 radical (unpaired) electrons. The van der Waals surface area contributed by atoms with Crippen molar-refractivity contribution in [1.29, 1.82) is 0 Å². The predicted octanol–water partition coefficient (Wildman–Crippen LogP) is 2.00. The molecule has 2 N–H and O–H groups in total. The van der Waals surface area contributed by atoms with E-state index in [9.17, 15) is 14.0 Å². The maximum Gasteiger partial charge on any atom is 0.251 e. The summed E-state index contributed by atoms with van der Waals surface area (Å²) in [6.07, 6.45) is 1.77. The summed E-state index contributed by atoms with van der Waals surface area (Å²) in [5, 5.41) is 14.1. The lowest BCUT2D eigenvalue weighted by Gasteiger charge is -2.04. The second kappa shape index (κ2) is 7.60. The van der Waals surface area contributed by atoms with Crippen LogP contribution in [0.3, 0.4) is 0 Å². The lowest BCUT2D eigenvalue weighted by atomic mass is 10.2. The lowest BCUT2D eigenvalue weighted by molar-refractivity contribution is -0.115. The average molecular weight is 322 g/mol. The third kappa shape index (κ3) is 4.59. The van der Waals surface area contributed by atoms with Crippen LogP contribution in [0, 0.1) is 5.82 Å². The third-order valence-electron chi connectivity index (χ3n) is 2.69. The molecular formula is C14H15FN4O2S. The Kier molecular flexibility index (Phi) is 5.54. The maximum atomic E-state index is 12.8.